The Hall–Kier alpha value is -3.16. The molecule has 0 radical (unpaired) electrons. The molecular weight excluding hydrogens is 393 g/mol. The van der Waals surface area contributed by atoms with Crippen molar-refractivity contribution in [2.75, 3.05) is 42.6 Å². The van der Waals surface area contributed by atoms with E-state index in [1.807, 2.05) is 4.90 Å². The highest BCUT2D eigenvalue weighted by atomic mass is 19.1. The maximum absolute atomic E-state index is 14.8. The van der Waals surface area contributed by atoms with E-state index in [0.29, 0.717) is 24.5 Å². The van der Waals surface area contributed by atoms with E-state index in [2.05, 4.69) is 10.2 Å². The van der Waals surface area contributed by atoms with Crippen molar-refractivity contribution in [1.29, 1.82) is 0 Å². The third-order valence-electron chi connectivity index (χ3n) is 5.15. The first-order chi connectivity index (χ1) is 14.4. The molecule has 0 aliphatic carbocycles. The summed E-state index contributed by atoms with van der Waals surface area (Å²) in [7, 11) is 0. The van der Waals surface area contributed by atoms with E-state index in [0.717, 1.165) is 18.4 Å². The number of ether oxygens (including phenoxy) is 1. The molecule has 3 rings (SSSR count). The third kappa shape index (κ3) is 4.87. The summed E-state index contributed by atoms with van der Waals surface area (Å²) in [6, 6.07) is 3.55. The van der Waals surface area contributed by atoms with Crippen molar-refractivity contribution in [1.82, 2.24) is 5.32 Å². The molecule has 0 aromatic heterocycles. The zero-order valence-electron chi connectivity index (χ0n) is 16.4. The quantitative estimate of drug-likeness (QED) is 0.595. The Morgan fingerprint density at radius 2 is 2.20 bits per heavy atom. The number of nitrogens with zero attached hydrogens (tertiary/aromatic N) is 3. The second kappa shape index (κ2) is 9.56. The van der Waals surface area contributed by atoms with Crippen LogP contribution in [0.15, 0.2) is 30.0 Å². The largest absolute Gasteiger partial charge is 0.442 e. The third-order valence-corrected chi connectivity index (χ3v) is 5.15. The normalized spacial score (nSPS) is 19.9. The van der Waals surface area contributed by atoms with Crippen molar-refractivity contribution in [2.45, 2.75) is 25.0 Å². The fourth-order valence-corrected chi connectivity index (χ4v) is 3.44. The average Bonchev–Trinajstić information content (AvgIpc) is 3.12. The van der Waals surface area contributed by atoms with Crippen LogP contribution in [-0.4, -0.2) is 62.0 Å². The number of rotatable bonds is 6. The van der Waals surface area contributed by atoms with Gasteiger partial charge in [-0.15, -0.1) is 0 Å². The molecule has 9 nitrogen and oxygen atoms in total. The minimum atomic E-state index is -1.04. The Balaban J connectivity index is 1.61. The highest BCUT2D eigenvalue weighted by Gasteiger charge is 2.33. The van der Waals surface area contributed by atoms with Crippen LogP contribution in [0.3, 0.4) is 0 Å². The maximum Gasteiger partial charge on any atom is 0.414 e. The first kappa shape index (κ1) is 21.5. The summed E-state index contributed by atoms with van der Waals surface area (Å²) < 4.78 is 20.0. The molecule has 2 aliphatic heterocycles. The molecule has 2 amide bonds. The standard InChI is InChI=1S/C20H24FN5O4/c1-23-9-13-4-6-25(7-5-13)18-3-2-14(8-16(18)21)26-11-15(30-20(26)29)10-24-19(28)17(22)12-27/h2-3,8-9,15,17,27H,4-7,10-12,22H2,(H,24,28)/t15-,17?/m0/s1. The number of aliphatic hydroxyl groups excluding tert-OH is 1. The van der Waals surface area contributed by atoms with Gasteiger partial charge in [0, 0.05) is 13.1 Å². The van der Waals surface area contributed by atoms with Crippen LogP contribution in [0.25, 0.3) is 4.85 Å². The molecule has 1 aromatic carbocycles. The molecule has 2 aliphatic rings. The van der Waals surface area contributed by atoms with Crippen LogP contribution < -0.4 is 20.9 Å². The van der Waals surface area contributed by atoms with Crippen LogP contribution in [0, 0.1) is 12.4 Å². The zero-order chi connectivity index (χ0) is 21.7. The predicted molar refractivity (Wildman–Crippen MR) is 108 cm³/mol. The van der Waals surface area contributed by atoms with Crippen LogP contribution in [0.5, 0.6) is 0 Å². The van der Waals surface area contributed by atoms with Gasteiger partial charge in [0.05, 0.1) is 37.6 Å². The lowest BCUT2D eigenvalue weighted by Crippen LogP contribution is -2.45. The molecule has 1 unspecified atom stereocenters. The molecule has 2 heterocycles. The molecule has 30 heavy (non-hydrogen) atoms. The van der Waals surface area contributed by atoms with Crippen LogP contribution >= 0.6 is 0 Å². The summed E-state index contributed by atoms with van der Waals surface area (Å²) in [5.74, 6) is -0.984. The molecule has 160 valence electrons. The van der Waals surface area contributed by atoms with Gasteiger partial charge in [-0.1, -0.05) is 5.57 Å². The smallest absolute Gasteiger partial charge is 0.414 e. The lowest BCUT2D eigenvalue weighted by molar-refractivity contribution is -0.123. The lowest BCUT2D eigenvalue weighted by atomic mass is 10.0. The predicted octanol–water partition coefficient (Wildman–Crippen LogP) is 0.990. The molecule has 1 aromatic rings. The topological polar surface area (TPSA) is 112 Å². The summed E-state index contributed by atoms with van der Waals surface area (Å²) >= 11 is 0. The minimum Gasteiger partial charge on any atom is -0.442 e. The SMILES string of the molecule is [C-]#[N+]C=C1CCN(c2ccc(N3C[C@H](CNC(=O)C(N)CO)OC3=O)cc2F)CC1. The average molecular weight is 417 g/mol. The van der Waals surface area contributed by atoms with E-state index in [4.69, 9.17) is 22.1 Å². The Morgan fingerprint density at radius 1 is 1.47 bits per heavy atom. The number of amides is 2. The first-order valence-electron chi connectivity index (χ1n) is 9.64. The van der Waals surface area contributed by atoms with Crippen molar-refractivity contribution < 1.29 is 23.8 Å². The molecule has 0 saturated carbocycles. The van der Waals surface area contributed by atoms with E-state index in [1.54, 1.807) is 12.1 Å². The van der Waals surface area contributed by atoms with Gasteiger partial charge in [0.15, 0.2) is 6.20 Å². The second-order valence-electron chi connectivity index (χ2n) is 7.19. The van der Waals surface area contributed by atoms with E-state index in [1.165, 1.54) is 17.2 Å². The number of hydrogen-bond acceptors (Lipinski definition) is 6. The Morgan fingerprint density at radius 3 is 2.83 bits per heavy atom. The molecule has 4 N–H and O–H groups in total. The van der Waals surface area contributed by atoms with Gasteiger partial charge in [-0.2, -0.15) is 0 Å². The van der Waals surface area contributed by atoms with Gasteiger partial charge in [0.2, 0.25) is 5.91 Å². The van der Waals surface area contributed by atoms with Gasteiger partial charge in [0.25, 0.3) is 0 Å². The van der Waals surface area contributed by atoms with Crippen molar-refractivity contribution in [3.05, 3.63) is 47.2 Å². The molecule has 2 atom stereocenters. The highest BCUT2D eigenvalue weighted by Crippen LogP contribution is 2.30. The molecule has 10 heteroatoms. The number of piperidine rings is 1. The van der Waals surface area contributed by atoms with Gasteiger partial charge in [-0.3, -0.25) is 9.69 Å². The van der Waals surface area contributed by atoms with Gasteiger partial charge in [-0.05, 0) is 31.0 Å². The Kier molecular flexibility index (Phi) is 6.87. The number of benzene rings is 1. The summed E-state index contributed by atoms with van der Waals surface area (Å²) in [5, 5.41) is 11.4. The van der Waals surface area contributed by atoms with E-state index in [9.17, 15) is 14.0 Å². The van der Waals surface area contributed by atoms with Gasteiger partial charge < -0.3 is 25.8 Å². The summed E-state index contributed by atoms with van der Waals surface area (Å²) in [6.07, 6.45) is 1.74. The molecule has 2 fully saturated rings. The number of halogens is 1. The number of nitrogens with two attached hydrogens (primary N) is 1. The fourth-order valence-electron chi connectivity index (χ4n) is 3.44. The zero-order valence-corrected chi connectivity index (χ0v) is 16.4. The number of carbonyl (C=O) groups excluding carboxylic acids is 2. The first-order valence-corrected chi connectivity index (χ1v) is 9.64. The van der Waals surface area contributed by atoms with Gasteiger partial charge >= 0.3 is 6.09 Å². The van der Waals surface area contributed by atoms with E-state index < -0.39 is 36.6 Å². The highest BCUT2D eigenvalue weighted by molar-refractivity contribution is 5.90. The van der Waals surface area contributed by atoms with Crippen LogP contribution in [0.1, 0.15) is 12.8 Å². The van der Waals surface area contributed by atoms with E-state index in [-0.39, 0.29) is 13.1 Å². The summed E-state index contributed by atoms with van der Waals surface area (Å²) in [5.41, 5.74) is 7.31. The number of aliphatic hydroxyl groups is 1. The molecule has 2 saturated heterocycles. The number of hydrogen-bond donors (Lipinski definition) is 3. The van der Waals surface area contributed by atoms with Crippen molar-refractivity contribution in [3.63, 3.8) is 0 Å². The van der Waals surface area contributed by atoms with Gasteiger partial charge in [-0.25, -0.2) is 14.0 Å². The second-order valence-corrected chi connectivity index (χ2v) is 7.19. The number of cyclic esters (lactones) is 1. The van der Waals surface area contributed by atoms with Crippen molar-refractivity contribution in [3.8, 4) is 0 Å². The Labute approximate surface area is 173 Å². The van der Waals surface area contributed by atoms with Crippen LogP contribution in [0.4, 0.5) is 20.6 Å². The Bertz CT molecular complexity index is 874. The molecular formula is C20H24FN5O4. The number of anilines is 2. The van der Waals surface area contributed by atoms with Crippen molar-refractivity contribution >= 4 is 23.4 Å². The maximum atomic E-state index is 14.8. The van der Waals surface area contributed by atoms with Crippen LogP contribution in [-0.2, 0) is 9.53 Å². The summed E-state index contributed by atoms with van der Waals surface area (Å²) in [6.45, 7) is 7.86. The summed E-state index contributed by atoms with van der Waals surface area (Å²) in [4.78, 5) is 30.3. The van der Waals surface area contributed by atoms with Crippen LogP contribution in [0.2, 0.25) is 0 Å². The van der Waals surface area contributed by atoms with Crippen molar-refractivity contribution in [2.24, 2.45) is 5.73 Å². The molecule has 0 spiro atoms. The fraction of sp³-hybridized carbons (Fsp3) is 0.450. The number of nitrogens with one attached hydrogen (secondary N) is 1. The molecule has 0 bridgehead atoms. The monoisotopic (exact) mass is 417 g/mol. The van der Waals surface area contributed by atoms with E-state index >= 15 is 0 Å². The minimum absolute atomic E-state index is 0.0452. The lowest BCUT2D eigenvalue weighted by Gasteiger charge is -2.31. The number of carbonyl (C=O) groups is 2. The van der Waals surface area contributed by atoms with Gasteiger partial charge in [0.1, 0.15) is 18.0 Å².